The lowest BCUT2D eigenvalue weighted by Crippen LogP contribution is -2.12. The molecule has 1 nitrogen and oxygen atoms in total. The zero-order valence-electron chi connectivity index (χ0n) is 17.7. The third kappa shape index (κ3) is 3.17. The Bertz CT molecular complexity index is 996. The first-order valence-corrected chi connectivity index (χ1v) is 9.62. The Morgan fingerprint density at radius 2 is 1.36 bits per heavy atom. The second-order valence-corrected chi connectivity index (χ2v) is 8.85. The van der Waals surface area contributed by atoms with Crippen molar-refractivity contribution in [2.45, 2.75) is 59.8 Å². The molecule has 0 unspecified atom stereocenters. The number of hydrogen-bond donors (Lipinski definition) is 1. The van der Waals surface area contributed by atoms with Gasteiger partial charge in [0.1, 0.15) is 5.75 Å². The summed E-state index contributed by atoms with van der Waals surface area (Å²) in [5.41, 5.74) is 6.90. The van der Waals surface area contributed by atoms with Crippen LogP contribution in [0.4, 0.5) is 8.78 Å². The minimum atomic E-state index is -0.908. The monoisotopic (exact) mass is 382 g/mol. The number of rotatable bonds is 2. The molecule has 2 aromatic rings. The highest BCUT2D eigenvalue weighted by Crippen LogP contribution is 2.48. The fraction of sp³-hybridized carbons (Fsp3) is 0.360. The molecule has 0 spiro atoms. The minimum Gasteiger partial charge on any atom is -0.507 e. The van der Waals surface area contributed by atoms with E-state index in [4.69, 9.17) is 0 Å². The molecule has 0 atom stereocenters. The maximum atomic E-state index is 14.3. The van der Waals surface area contributed by atoms with Crippen LogP contribution in [-0.2, 0) is 5.41 Å². The van der Waals surface area contributed by atoms with Crippen LogP contribution < -0.4 is 0 Å². The summed E-state index contributed by atoms with van der Waals surface area (Å²) < 4.78 is 28.5. The van der Waals surface area contributed by atoms with Gasteiger partial charge in [0.2, 0.25) is 0 Å². The smallest absolute Gasteiger partial charge is 0.159 e. The number of phenols is 1. The van der Waals surface area contributed by atoms with Crippen molar-refractivity contribution in [3.05, 3.63) is 75.4 Å². The first-order valence-electron chi connectivity index (χ1n) is 9.62. The van der Waals surface area contributed by atoms with E-state index in [0.29, 0.717) is 16.7 Å². The van der Waals surface area contributed by atoms with Gasteiger partial charge in [-0.1, -0.05) is 50.1 Å². The van der Waals surface area contributed by atoms with Gasteiger partial charge in [0.15, 0.2) is 11.6 Å². The molecule has 0 aliphatic heterocycles. The van der Waals surface area contributed by atoms with Crippen molar-refractivity contribution in [2.24, 2.45) is 0 Å². The van der Waals surface area contributed by atoms with Crippen molar-refractivity contribution in [3.63, 3.8) is 0 Å². The molecule has 0 radical (unpaired) electrons. The number of phenolic OH excluding ortho intramolecular Hbond substituents is 1. The average Bonchev–Trinajstić information content (AvgIpc) is 2.80. The van der Waals surface area contributed by atoms with E-state index in [1.54, 1.807) is 6.07 Å². The molecular weight excluding hydrogens is 354 g/mol. The van der Waals surface area contributed by atoms with Gasteiger partial charge in [-0.3, -0.25) is 0 Å². The standard InChI is InChI=1S/C25H28F2O/c1-13-14(2)16(4)23(15(13)3)19-12-22(27)21(26)11-18(19)17-9-8-10-20(24(17)28)25(5,6)7/h8-12,23,28H,1-7H3. The topological polar surface area (TPSA) is 20.2 Å². The third-order valence-electron chi connectivity index (χ3n) is 6.15. The lowest BCUT2D eigenvalue weighted by Gasteiger charge is -2.24. The maximum Gasteiger partial charge on any atom is 0.159 e. The normalized spacial score (nSPS) is 15.8. The summed E-state index contributed by atoms with van der Waals surface area (Å²) in [5, 5.41) is 11.0. The molecule has 0 amide bonds. The van der Waals surface area contributed by atoms with E-state index in [-0.39, 0.29) is 17.1 Å². The van der Waals surface area contributed by atoms with Crippen LogP contribution in [0.5, 0.6) is 5.75 Å². The molecule has 1 N–H and O–H groups in total. The van der Waals surface area contributed by atoms with E-state index < -0.39 is 11.6 Å². The summed E-state index contributed by atoms with van der Waals surface area (Å²) in [5.74, 6) is -1.78. The molecular formula is C25H28F2O. The van der Waals surface area contributed by atoms with Crippen LogP contribution in [0.2, 0.25) is 0 Å². The molecule has 28 heavy (non-hydrogen) atoms. The van der Waals surface area contributed by atoms with Crippen molar-refractivity contribution < 1.29 is 13.9 Å². The van der Waals surface area contributed by atoms with Crippen LogP contribution in [0.25, 0.3) is 11.1 Å². The Morgan fingerprint density at radius 3 is 1.89 bits per heavy atom. The highest BCUT2D eigenvalue weighted by molar-refractivity contribution is 5.77. The predicted octanol–water partition coefficient (Wildman–Crippen LogP) is 7.40. The molecule has 0 aromatic heterocycles. The van der Waals surface area contributed by atoms with E-state index in [1.807, 2.05) is 46.8 Å². The van der Waals surface area contributed by atoms with Gasteiger partial charge in [0, 0.05) is 11.5 Å². The van der Waals surface area contributed by atoms with Gasteiger partial charge in [0.05, 0.1) is 0 Å². The molecule has 0 heterocycles. The Labute approximate surface area is 166 Å². The SMILES string of the molecule is CC1=C(C)C(c2cc(F)c(F)cc2-c2cccc(C(C)(C)C)c2O)C(C)=C1C. The molecule has 3 rings (SSSR count). The number of benzene rings is 2. The molecule has 0 saturated heterocycles. The molecule has 148 valence electrons. The van der Waals surface area contributed by atoms with Crippen molar-refractivity contribution >= 4 is 0 Å². The van der Waals surface area contributed by atoms with E-state index in [2.05, 4.69) is 13.8 Å². The van der Waals surface area contributed by atoms with Crippen LogP contribution in [0, 0.1) is 11.6 Å². The second kappa shape index (κ2) is 6.88. The van der Waals surface area contributed by atoms with Gasteiger partial charge in [-0.05, 0) is 73.1 Å². The number of aromatic hydroxyl groups is 1. The third-order valence-corrected chi connectivity index (χ3v) is 6.15. The highest BCUT2D eigenvalue weighted by atomic mass is 19.2. The van der Waals surface area contributed by atoms with Crippen LogP contribution in [-0.4, -0.2) is 5.11 Å². The average molecular weight is 382 g/mol. The summed E-state index contributed by atoms with van der Waals surface area (Å²) in [6, 6.07) is 8.01. The van der Waals surface area contributed by atoms with Gasteiger partial charge < -0.3 is 5.11 Å². The molecule has 1 aliphatic carbocycles. The summed E-state index contributed by atoms with van der Waals surface area (Å²) >= 11 is 0. The molecule has 1 aliphatic rings. The zero-order chi connectivity index (χ0) is 21.0. The summed E-state index contributed by atoms with van der Waals surface area (Å²) in [6.07, 6.45) is 0. The zero-order valence-corrected chi connectivity index (χ0v) is 17.7. The van der Waals surface area contributed by atoms with Gasteiger partial charge >= 0.3 is 0 Å². The minimum absolute atomic E-state index is 0.122. The van der Waals surface area contributed by atoms with E-state index in [1.165, 1.54) is 23.3 Å². The summed E-state index contributed by atoms with van der Waals surface area (Å²) in [4.78, 5) is 0. The van der Waals surface area contributed by atoms with E-state index >= 15 is 0 Å². The largest absolute Gasteiger partial charge is 0.507 e. The van der Waals surface area contributed by atoms with Gasteiger partial charge in [-0.25, -0.2) is 8.78 Å². The van der Waals surface area contributed by atoms with Crippen molar-refractivity contribution in [1.29, 1.82) is 0 Å². The van der Waals surface area contributed by atoms with Gasteiger partial charge in [-0.15, -0.1) is 0 Å². The fourth-order valence-electron chi connectivity index (χ4n) is 4.22. The van der Waals surface area contributed by atoms with Crippen molar-refractivity contribution in [1.82, 2.24) is 0 Å². The molecule has 0 fully saturated rings. The van der Waals surface area contributed by atoms with Gasteiger partial charge in [-0.2, -0.15) is 0 Å². The Kier molecular flexibility index (Phi) is 4.99. The lowest BCUT2D eigenvalue weighted by molar-refractivity contribution is 0.448. The Balaban J connectivity index is 2.33. The number of hydrogen-bond acceptors (Lipinski definition) is 1. The first kappa shape index (κ1) is 20.3. The van der Waals surface area contributed by atoms with Crippen LogP contribution >= 0.6 is 0 Å². The van der Waals surface area contributed by atoms with E-state index in [9.17, 15) is 13.9 Å². The molecule has 0 saturated carbocycles. The van der Waals surface area contributed by atoms with Crippen LogP contribution in [0.1, 0.15) is 65.5 Å². The summed E-state index contributed by atoms with van der Waals surface area (Å²) in [7, 11) is 0. The first-order chi connectivity index (χ1) is 12.9. The summed E-state index contributed by atoms with van der Waals surface area (Å²) in [6.45, 7) is 14.2. The molecule has 3 heteroatoms. The Morgan fingerprint density at radius 1 is 0.821 bits per heavy atom. The number of allylic oxidation sites excluding steroid dienone is 4. The van der Waals surface area contributed by atoms with Crippen molar-refractivity contribution in [2.75, 3.05) is 0 Å². The van der Waals surface area contributed by atoms with Crippen LogP contribution in [0.3, 0.4) is 0 Å². The van der Waals surface area contributed by atoms with Crippen molar-refractivity contribution in [3.8, 4) is 16.9 Å². The van der Waals surface area contributed by atoms with E-state index in [0.717, 1.165) is 16.7 Å². The maximum absolute atomic E-state index is 14.3. The second-order valence-electron chi connectivity index (χ2n) is 8.85. The highest BCUT2D eigenvalue weighted by Gasteiger charge is 2.30. The predicted molar refractivity (Wildman–Crippen MR) is 112 cm³/mol. The molecule has 2 aromatic carbocycles. The molecule has 0 bridgehead atoms. The Hall–Kier alpha value is -2.42. The lowest BCUT2D eigenvalue weighted by atomic mass is 9.81. The van der Waals surface area contributed by atoms with Crippen LogP contribution in [0.15, 0.2) is 52.6 Å². The number of para-hydroxylation sites is 1. The quantitative estimate of drug-likeness (QED) is 0.573. The fourth-order valence-corrected chi connectivity index (χ4v) is 4.22. The number of halogens is 2. The van der Waals surface area contributed by atoms with Gasteiger partial charge in [0.25, 0.3) is 0 Å².